The van der Waals surface area contributed by atoms with Crippen molar-refractivity contribution < 1.29 is 19.0 Å². The number of carbonyl (C=O) groups is 1. The Bertz CT molecular complexity index is 444. The second kappa shape index (κ2) is 5.35. The first-order valence-electron chi connectivity index (χ1n) is 5.65. The van der Waals surface area contributed by atoms with Crippen molar-refractivity contribution in [2.75, 3.05) is 6.61 Å². The predicted octanol–water partition coefficient (Wildman–Crippen LogP) is 2.33. The lowest BCUT2D eigenvalue weighted by molar-refractivity contribution is -0.148. The molecule has 0 aromatic heterocycles. The highest BCUT2D eigenvalue weighted by Gasteiger charge is 2.28. The first-order chi connectivity index (χ1) is 8.24. The minimum atomic E-state index is -1.04. The zero-order valence-corrected chi connectivity index (χ0v) is 10.7. The van der Waals surface area contributed by atoms with Crippen LogP contribution >= 0.6 is 0 Å². The fraction of sp³-hybridized carbons (Fsp3) is 0.462. The topological polar surface area (TPSA) is 72.5 Å². The number of carboxylic acids is 1. The lowest BCUT2D eigenvalue weighted by atomic mass is 9.95. The van der Waals surface area contributed by atoms with E-state index >= 15 is 0 Å². The van der Waals surface area contributed by atoms with Gasteiger partial charge in [-0.2, -0.15) is 0 Å². The van der Waals surface area contributed by atoms with E-state index in [4.69, 9.17) is 15.6 Å². The van der Waals surface area contributed by atoms with E-state index < -0.39 is 17.2 Å². The van der Waals surface area contributed by atoms with Crippen molar-refractivity contribution >= 4 is 5.97 Å². The Morgan fingerprint density at radius 3 is 2.67 bits per heavy atom. The molecule has 0 aliphatic heterocycles. The smallest absolute Gasteiger partial charge is 0.312 e. The maximum absolute atomic E-state index is 13.2. The van der Waals surface area contributed by atoms with E-state index in [1.807, 2.05) is 0 Å². The SMILES string of the molecule is C[C@H](N)c1ccc(F)cc1OCC(C)(C)C(=O)O. The van der Waals surface area contributed by atoms with Crippen LogP contribution in [0.25, 0.3) is 0 Å². The van der Waals surface area contributed by atoms with Gasteiger partial charge in [-0.3, -0.25) is 4.79 Å². The van der Waals surface area contributed by atoms with Crippen molar-refractivity contribution in [3.8, 4) is 5.75 Å². The molecule has 1 aromatic carbocycles. The van der Waals surface area contributed by atoms with Gasteiger partial charge >= 0.3 is 5.97 Å². The Kier molecular flexibility index (Phi) is 4.29. The van der Waals surface area contributed by atoms with Crippen LogP contribution < -0.4 is 10.5 Å². The summed E-state index contributed by atoms with van der Waals surface area (Å²) in [6.45, 7) is 4.79. The number of hydrogen-bond donors (Lipinski definition) is 2. The molecule has 4 nitrogen and oxygen atoms in total. The Hall–Kier alpha value is -1.62. The highest BCUT2D eigenvalue weighted by Crippen LogP contribution is 2.27. The van der Waals surface area contributed by atoms with Crippen molar-refractivity contribution in [1.29, 1.82) is 0 Å². The van der Waals surface area contributed by atoms with E-state index in [-0.39, 0.29) is 12.6 Å². The normalized spacial score (nSPS) is 13.2. The standard InChI is InChI=1S/C13H18FNO3/c1-8(15)10-5-4-9(14)6-11(10)18-7-13(2,3)12(16)17/h4-6,8H,7,15H2,1-3H3,(H,16,17)/t8-/m0/s1. The second-order valence-electron chi connectivity index (χ2n) is 4.95. The van der Waals surface area contributed by atoms with Crippen LogP contribution in [0.3, 0.4) is 0 Å². The van der Waals surface area contributed by atoms with Crippen LogP contribution in [0.5, 0.6) is 5.75 Å². The van der Waals surface area contributed by atoms with Crippen LogP contribution in [0.4, 0.5) is 4.39 Å². The third-order valence-electron chi connectivity index (χ3n) is 2.63. The Balaban J connectivity index is 2.90. The first-order valence-corrected chi connectivity index (χ1v) is 5.65. The molecule has 0 saturated carbocycles. The molecule has 0 saturated heterocycles. The number of rotatable bonds is 5. The van der Waals surface area contributed by atoms with Gasteiger partial charge in [-0.15, -0.1) is 0 Å². The summed E-state index contributed by atoms with van der Waals surface area (Å²) in [5, 5.41) is 8.97. The molecule has 0 aliphatic rings. The van der Waals surface area contributed by atoms with Gasteiger partial charge in [0.15, 0.2) is 0 Å². The molecule has 0 radical (unpaired) electrons. The van der Waals surface area contributed by atoms with Gasteiger partial charge in [0.25, 0.3) is 0 Å². The molecule has 1 aromatic rings. The molecule has 0 unspecified atom stereocenters. The largest absolute Gasteiger partial charge is 0.492 e. The van der Waals surface area contributed by atoms with E-state index in [2.05, 4.69) is 0 Å². The summed E-state index contributed by atoms with van der Waals surface area (Å²) in [7, 11) is 0. The van der Waals surface area contributed by atoms with Gasteiger partial charge in [0.2, 0.25) is 0 Å². The van der Waals surface area contributed by atoms with Gasteiger partial charge in [-0.05, 0) is 26.8 Å². The average Bonchev–Trinajstić information content (AvgIpc) is 2.26. The summed E-state index contributed by atoms with van der Waals surface area (Å²) in [6, 6.07) is 3.75. The number of halogens is 1. The molecular weight excluding hydrogens is 237 g/mol. The van der Waals surface area contributed by atoms with Crippen LogP contribution in [0.1, 0.15) is 32.4 Å². The summed E-state index contributed by atoms with van der Waals surface area (Å²) < 4.78 is 18.6. The van der Waals surface area contributed by atoms with Crippen molar-refractivity contribution in [2.24, 2.45) is 11.1 Å². The molecule has 3 N–H and O–H groups in total. The Labute approximate surface area is 106 Å². The molecular formula is C13H18FNO3. The quantitative estimate of drug-likeness (QED) is 0.847. The lowest BCUT2D eigenvalue weighted by Gasteiger charge is -2.21. The third-order valence-corrected chi connectivity index (χ3v) is 2.63. The van der Waals surface area contributed by atoms with Gasteiger partial charge in [-0.1, -0.05) is 6.07 Å². The fourth-order valence-electron chi connectivity index (χ4n) is 1.33. The van der Waals surface area contributed by atoms with E-state index in [1.54, 1.807) is 26.8 Å². The van der Waals surface area contributed by atoms with Gasteiger partial charge in [0, 0.05) is 17.7 Å². The van der Waals surface area contributed by atoms with E-state index in [9.17, 15) is 9.18 Å². The number of hydrogen-bond acceptors (Lipinski definition) is 3. The summed E-state index contributed by atoms with van der Waals surface area (Å²) in [4.78, 5) is 10.9. The first kappa shape index (κ1) is 14.4. The molecule has 0 heterocycles. The lowest BCUT2D eigenvalue weighted by Crippen LogP contribution is -2.31. The second-order valence-corrected chi connectivity index (χ2v) is 4.95. The maximum Gasteiger partial charge on any atom is 0.312 e. The van der Waals surface area contributed by atoms with E-state index in [0.29, 0.717) is 11.3 Å². The summed E-state index contributed by atoms with van der Waals surface area (Å²) >= 11 is 0. The van der Waals surface area contributed by atoms with Crippen molar-refractivity contribution in [3.05, 3.63) is 29.6 Å². The number of nitrogens with two attached hydrogens (primary N) is 1. The van der Waals surface area contributed by atoms with Crippen LogP contribution in [0, 0.1) is 11.2 Å². The number of carboxylic acid groups (broad SMARTS) is 1. The molecule has 100 valence electrons. The monoisotopic (exact) mass is 255 g/mol. The molecule has 18 heavy (non-hydrogen) atoms. The molecule has 5 heteroatoms. The van der Waals surface area contributed by atoms with Gasteiger partial charge in [0.05, 0.1) is 5.41 Å². The van der Waals surface area contributed by atoms with Crippen LogP contribution in [0.2, 0.25) is 0 Å². The van der Waals surface area contributed by atoms with E-state index in [1.165, 1.54) is 12.1 Å². The van der Waals surface area contributed by atoms with Crippen molar-refractivity contribution in [3.63, 3.8) is 0 Å². The van der Waals surface area contributed by atoms with Crippen molar-refractivity contribution in [1.82, 2.24) is 0 Å². The summed E-state index contributed by atoms with van der Waals surface area (Å²) in [5.41, 5.74) is 5.36. The summed E-state index contributed by atoms with van der Waals surface area (Å²) in [5.74, 6) is -1.12. The number of benzene rings is 1. The molecule has 0 spiro atoms. The minimum Gasteiger partial charge on any atom is -0.492 e. The van der Waals surface area contributed by atoms with Crippen LogP contribution in [0.15, 0.2) is 18.2 Å². The highest BCUT2D eigenvalue weighted by atomic mass is 19.1. The minimum absolute atomic E-state index is 0.0501. The van der Waals surface area contributed by atoms with Gasteiger partial charge in [0.1, 0.15) is 18.2 Å². The van der Waals surface area contributed by atoms with Gasteiger partial charge < -0.3 is 15.6 Å². The summed E-state index contributed by atoms with van der Waals surface area (Å²) in [6.07, 6.45) is 0. The zero-order chi connectivity index (χ0) is 13.9. The predicted molar refractivity (Wildman–Crippen MR) is 65.9 cm³/mol. The molecule has 1 atom stereocenters. The molecule has 1 rings (SSSR count). The Morgan fingerprint density at radius 2 is 2.17 bits per heavy atom. The number of ether oxygens (including phenoxy) is 1. The zero-order valence-electron chi connectivity index (χ0n) is 10.7. The number of aliphatic carboxylic acids is 1. The van der Waals surface area contributed by atoms with Crippen LogP contribution in [-0.4, -0.2) is 17.7 Å². The van der Waals surface area contributed by atoms with Crippen molar-refractivity contribution in [2.45, 2.75) is 26.8 Å². The molecule has 0 amide bonds. The molecule has 0 aliphatic carbocycles. The molecule has 0 fully saturated rings. The third kappa shape index (κ3) is 3.43. The molecule has 0 bridgehead atoms. The van der Waals surface area contributed by atoms with E-state index in [0.717, 1.165) is 0 Å². The highest BCUT2D eigenvalue weighted by molar-refractivity contribution is 5.73. The van der Waals surface area contributed by atoms with Gasteiger partial charge in [-0.25, -0.2) is 4.39 Å². The Morgan fingerprint density at radius 1 is 1.56 bits per heavy atom. The fourth-order valence-corrected chi connectivity index (χ4v) is 1.33. The maximum atomic E-state index is 13.2. The average molecular weight is 255 g/mol. The van der Waals surface area contributed by atoms with Crippen LogP contribution in [-0.2, 0) is 4.79 Å².